The van der Waals surface area contributed by atoms with Crippen LogP contribution in [0.15, 0.2) is 24.3 Å². The van der Waals surface area contributed by atoms with E-state index >= 15 is 0 Å². The van der Waals surface area contributed by atoms with Crippen molar-refractivity contribution >= 4 is 0 Å². The molecule has 0 aromatic heterocycles. The van der Waals surface area contributed by atoms with Crippen molar-refractivity contribution in [2.75, 3.05) is 26.7 Å². The summed E-state index contributed by atoms with van der Waals surface area (Å²) in [5, 5.41) is 3.42. The van der Waals surface area contributed by atoms with Crippen LogP contribution in [-0.2, 0) is 0 Å². The molecule has 0 aliphatic heterocycles. The first-order chi connectivity index (χ1) is 9.60. The summed E-state index contributed by atoms with van der Waals surface area (Å²) in [6.07, 6.45) is 1.33. The van der Waals surface area contributed by atoms with Gasteiger partial charge >= 0.3 is 0 Å². The fraction of sp³-hybridized carbons (Fsp3) is 0.647. The molecule has 1 aromatic carbocycles. The number of nitrogens with zero attached hydrogens (tertiary/aromatic N) is 1. The van der Waals surface area contributed by atoms with Crippen LogP contribution in [0.25, 0.3) is 0 Å². The van der Waals surface area contributed by atoms with Crippen LogP contribution in [0.3, 0.4) is 0 Å². The van der Waals surface area contributed by atoms with Gasteiger partial charge in [-0.05, 0) is 64.6 Å². The van der Waals surface area contributed by atoms with Gasteiger partial charge in [0.15, 0.2) is 0 Å². The predicted molar refractivity (Wildman–Crippen MR) is 86.4 cm³/mol. The third-order valence-electron chi connectivity index (χ3n) is 3.61. The van der Waals surface area contributed by atoms with Gasteiger partial charge in [-0.25, -0.2) is 0 Å². The topological polar surface area (TPSA) is 24.5 Å². The number of hydrogen-bond donors (Lipinski definition) is 1. The van der Waals surface area contributed by atoms with E-state index in [1.165, 1.54) is 5.56 Å². The molecule has 0 radical (unpaired) electrons. The summed E-state index contributed by atoms with van der Waals surface area (Å²) in [6.45, 7) is 11.9. The molecule has 0 aliphatic rings. The summed E-state index contributed by atoms with van der Waals surface area (Å²) in [4.78, 5) is 2.46. The summed E-state index contributed by atoms with van der Waals surface area (Å²) >= 11 is 0. The van der Waals surface area contributed by atoms with Gasteiger partial charge in [-0.2, -0.15) is 0 Å². The van der Waals surface area contributed by atoms with Gasteiger partial charge in [-0.15, -0.1) is 0 Å². The second kappa shape index (κ2) is 8.98. The molecule has 1 N–H and O–H groups in total. The molecule has 3 nitrogen and oxygen atoms in total. The highest BCUT2D eigenvalue weighted by Gasteiger charge is 2.12. The molecule has 0 saturated heterocycles. The fourth-order valence-electron chi connectivity index (χ4n) is 2.41. The first-order valence-corrected chi connectivity index (χ1v) is 7.76. The summed E-state index contributed by atoms with van der Waals surface area (Å²) < 4.78 is 5.78. The normalized spacial score (nSPS) is 12.9. The van der Waals surface area contributed by atoms with Gasteiger partial charge < -0.3 is 15.0 Å². The number of benzene rings is 1. The Kier molecular flexibility index (Phi) is 7.63. The van der Waals surface area contributed by atoms with Gasteiger partial charge in [0.1, 0.15) is 5.75 Å². The van der Waals surface area contributed by atoms with E-state index in [0.29, 0.717) is 6.04 Å². The van der Waals surface area contributed by atoms with Crippen LogP contribution in [0.1, 0.15) is 45.7 Å². The molecule has 0 amide bonds. The van der Waals surface area contributed by atoms with Crippen molar-refractivity contribution in [3.63, 3.8) is 0 Å². The third kappa shape index (κ3) is 5.51. The van der Waals surface area contributed by atoms with Crippen LogP contribution in [0, 0.1) is 0 Å². The van der Waals surface area contributed by atoms with E-state index in [1.54, 1.807) is 0 Å². The van der Waals surface area contributed by atoms with E-state index < -0.39 is 0 Å². The molecule has 0 saturated carbocycles. The molecule has 1 unspecified atom stereocenters. The van der Waals surface area contributed by atoms with Crippen LogP contribution >= 0.6 is 0 Å². The number of rotatable bonds is 9. The van der Waals surface area contributed by atoms with E-state index in [0.717, 1.165) is 31.8 Å². The predicted octanol–water partition coefficient (Wildman–Crippen LogP) is 3.47. The second-order valence-corrected chi connectivity index (χ2v) is 5.40. The molecule has 114 valence electrons. The maximum absolute atomic E-state index is 5.78. The molecule has 0 spiro atoms. The van der Waals surface area contributed by atoms with Crippen molar-refractivity contribution in [1.82, 2.24) is 10.2 Å². The molecule has 3 heteroatoms. The van der Waals surface area contributed by atoms with Crippen LogP contribution in [-0.4, -0.2) is 37.7 Å². The van der Waals surface area contributed by atoms with Gasteiger partial charge in [0.2, 0.25) is 0 Å². The molecule has 0 bridgehead atoms. The largest absolute Gasteiger partial charge is 0.491 e. The molecular weight excluding hydrogens is 248 g/mol. The van der Waals surface area contributed by atoms with Crippen molar-refractivity contribution in [3.8, 4) is 5.75 Å². The van der Waals surface area contributed by atoms with Gasteiger partial charge in [-0.1, -0.05) is 26.0 Å². The lowest BCUT2D eigenvalue weighted by atomic mass is 10.0. The van der Waals surface area contributed by atoms with Gasteiger partial charge in [0, 0.05) is 6.04 Å². The van der Waals surface area contributed by atoms with Crippen molar-refractivity contribution in [1.29, 1.82) is 0 Å². The van der Waals surface area contributed by atoms with Gasteiger partial charge in [0.05, 0.1) is 6.10 Å². The quantitative estimate of drug-likeness (QED) is 0.748. The lowest BCUT2D eigenvalue weighted by Gasteiger charge is -2.23. The average molecular weight is 278 g/mol. The SMILES string of the molecule is CCN(CC)CCC(NC)c1cccc(OC(C)C)c1. The average Bonchev–Trinajstić information content (AvgIpc) is 2.43. The van der Waals surface area contributed by atoms with Crippen LogP contribution in [0.4, 0.5) is 0 Å². The van der Waals surface area contributed by atoms with Crippen LogP contribution < -0.4 is 10.1 Å². The highest BCUT2D eigenvalue weighted by molar-refractivity contribution is 5.30. The third-order valence-corrected chi connectivity index (χ3v) is 3.61. The second-order valence-electron chi connectivity index (χ2n) is 5.40. The highest BCUT2D eigenvalue weighted by Crippen LogP contribution is 2.22. The maximum atomic E-state index is 5.78. The van der Waals surface area contributed by atoms with E-state index in [-0.39, 0.29) is 6.10 Å². The number of hydrogen-bond acceptors (Lipinski definition) is 3. The Morgan fingerprint density at radius 2 is 1.90 bits per heavy atom. The Morgan fingerprint density at radius 1 is 1.20 bits per heavy atom. The lowest BCUT2D eigenvalue weighted by molar-refractivity contribution is 0.241. The summed E-state index contributed by atoms with van der Waals surface area (Å²) in [7, 11) is 2.03. The van der Waals surface area contributed by atoms with Crippen molar-refractivity contribution in [2.24, 2.45) is 0 Å². The monoisotopic (exact) mass is 278 g/mol. The zero-order valence-corrected chi connectivity index (χ0v) is 13.6. The Labute approximate surface area is 124 Å². The summed E-state index contributed by atoms with van der Waals surface area (Å²) in [5.41, 5.74) is 1.30. The van der Waals surface area contributed by atoms with Gasteiger partial charge in [-0.3, -0.25) is 0 Å². The van der Waals surface area contributed by atoms with Crippen molar-refractivity contribution < 1.29 is 4.74 Å². The Balaban J connectivity index is 2.69. The molecule has 1 aromatic rings. The highest BCUT2D eigenvalue weighted by atomic mass is 16.5. The number of ether oxygens (including phenoxy) is 1. The Hall–Kier alpha value is -1.06. The van der Waals surface area contributed by atoms with Gasteiger partial charge in [0.25, 0.3) is 0 Å². The van der Waals surface area contributed by atoms with Crippen molar-refractivity contribution in [3.05, 3.63) is 29.8 Å². The zero-order chi connectivity index (χ0) is 15.0. The summed E-state index contributed by atoms with van der Waals surface area (Å²) in [5.74, 6) is 0.959. The minimum absolute atomic E-state index is 0.217. The standard InChI is InChI=1S/C17H30N2O/c1-6-19(7-2)12-11-17(18-5)15-9-8-10-16(13-15)20-14(3)4/h8-10,13-14,17-18H,6-7,11-12H2,1-5H3. The molecule has 0 fully saturated rings. The van der Waals surface area contributed by atoms with E-state index in [2.05, 4.69) is 56.1 Å². The summed E-state index contributed by atoms with van der Waals surface area (Å²) in [6, 6.07) is 8.82. The maximum Gasteiger partial charge on any atom is 0.120 e. The van der Waals surface area contributed by atoms with Crippen molar-refractivity contribution in [2.45, 2.75) is 46.3 Å². The zero-order valence-electron chi connectivity index (χ0n) is 13.6. The van der Waals surface area contributed by atoms with E-state index in [4.69, 9.17) is 4.74 Å². The molecule has 0 heterocycles. The molecule has 1 rings (SSSR count). The minimum Gasteiger partial charge on any atom is -0.491 e. The van der Waals surface area contributed by atoms with Crippen LogP contribution in [0.5, 0.6) is 5.75 Å². The Bertz CT molecular complexity index is 375. The molecule has 20 heavy (non-hydrogen) atoms. The fourth-order valence-corrected chi connectivity index (χ4v) is 2.41. The first-order valence-electron chi connectivity index (χ1n) is 7.76. The Morgan fingerprint density at radius 3 is 2.45 bits per heavy atom. The molecule has 1 atom stereocenters. The lowest BCUT2D eigenvalue weighted by Crippen LogP contribution is -2.28. The number of nitrogens with one attached hydrogen (secondary N) is 1. The first kappa shape index (κ1) is 17.0. The smallest absolute Gasteiger partial charge is 0.120 e. The minimum atomic E-state index is 0.217. The van der Waals surface area contributed by atoms with Crippen LogP contribution in [0.2, 0.25) is 0 Å². The molecular formula is C17H30N2O. The molecule has 0 aliphatic carbocycles. The van der Waals surface area contributed by atoms with E-state index in [1.807, 2.05) is 13.1 Å². The van der Waals surface area contributed by atoms with E-state index in [9.17, 15) is 0 Å².